The number of thiazole rings is 1. The average Bonchev–Trinajstić information content (AvgIpc) is 2.80. The van der Waals surface area contributed by atoms with Gasteiger partial charge in [0.1, 0.15) is 5.01 Å². The van der Waals surface area contributed by atoms with Gasteiger partial charge in [-0.3, -0.25) is 4.98 Å². The van der Waals surface area contributed by atoms with E-state index in [-0.39, 0.29) is 5.41 Å². The van der Waals surface area contributed by atoms with E-state index in [0.717, 1.165) is 22.8 Å². The molecule has 2 aromatic heterocycles. The van der Waals surface area contributed by atoms with Gasteiger partial charge in [-0.15, -0.1) is 11.3 Å². The fourth-order valence-corrected chi connectivity index (χ4v) is 2.76. The van der Waals surface area contributed by atoms with Gasteiger partial charge in [0.15, 0.2) is 0 Å². The van der Waals surface area contributed by atoms with Crippen LogP contribution in [0, 0.1) is 0 Å². The number of hydrogen-bond acceptors (Lipinski definition) is 4. The van der Waals surface area contributed by atoms with E-state index in [2.05, 4.69) is 29.5 Å². The first-order chi connectivity index (χ1) is 8.13. The SMILES string of the molecule is CNCC(C)(C)c1csc(-c2ccncc2)n1. The van der Waals surface area contributed by atoms with Crippen molar-refractivity contribution >= 4 is 11.3 Å². The summed E-state index contributed by atoms with van der Waals surface area (Å²) >= 11 is 1.69. The molecule has 17 heavy (non-hydrogen) atoms. The Morgan fingerprint density at radius 3 is 2.65 bits per heavy atom. The first-order valence-electron chi connectivity index (χ1n) is 5.64. The second kappa shape index (κ2) is 4.94. The molecule has 2 rings (SSSR count). The summed E-state index contributed by atoms with van der Waals surface area (Å²) in [6.07, 6.45) is 3.60. The van der Waals surface area contributed by atoms with Gasteiger partial charge >= 0.3 is 0 Å². The molecule has 0 saturated carbocycles. The van der Waals surface area contributed by atoms with Crippen molar-refractivity contribution < 1.29 is 0 Å². The Bertz CT molecular complexity index is 476. The number of rotatable bonds is 4. The van der Waals surface area contributed by atoms with E-state index in [1.54, 1.807) is 23.7 Å². The third kappa shape index (κ3) is 2.70. The summed E-state index contributed by atoms with van der Waals surface area (Å²) in [5.74, 6) is 0. The molecule has 0 unspecified atom stereocenters. The van der Waals surface area contributed by atoms with E-state index in [9.17, 15) is 0 Å². The van der Waals surface area contributed by atoms with Gasteiger partial charge in [-0.05, 0) is 19.2 Å². The molecular formula is C13H17N3S. The summed E-state index contributed by atoms with van der Waals surface area (Å²) in [6.45, 7) is 5.33. The minimum absolute atomic E-state index is 0.0660. The monoisotopic (exact) mass is 247 g/mol. The van der Waals surface area contributed by atoms with Crippen molar-refractivity contribution in [2.45, 2.75) is 19.3 Å². The number of likely N-dealkylation sites (N-methyl/N-ethyl adjacent to an activating group) is 1. The highest BCUT2D eigenvalue weighted by Gasteiger charge is 2.22. The van der Waals surface area contributed by atoms with E-state index in [1.165, 1.54) is 0 Å². The van der Waals surface area contributed by atoms with Gasteiger partial charge in [0.05, 0.1) is 5.69 Å². The second-order valence-electron chi connectivity index (χ2n) is 4.69. The highest BCUT2D eigenvalue weighted by atomic mass is 32.1. The van der Waals surface area contributed by atoms with Crippen molar-refractivity contribution in [3.63, 3.8) is 0 Å². The van der Waals surface area contributed by atoms with E-state index < -0.39 is 0 Å². The molecule has 3 nitrogen and oxygen atoms in total. The van der Waals surface area contributed by atoms with E-state index in [0.29, 0.717) is 0 Å². The van der Waals surface area contributed by atoms with Crippen LogP contribution in [0.15, 0.2) is 29.9 Å². The zero-order chi connectivity index (χ0) is 12.3. The second-order valence-corrected chi connectivity index (χ2v) is 5.55. The molecular weight excluding hydrogens is 230 g/mol. The summed E-state index contributed by atoms with van der Waals surface area (Å²) in [4.78, 5) is 8.74. The standard InChI is InChI=1S/C13H17N3S/c1-13(2,9-14-3)11-8-17-12(16-11)10-4-6-15-7-5-10/h4-8,14H,9H2,1-3H3. The van der Waals surface area contributed by atoms with Gasteiger partial charge in [-0.25, -0.2) is 4.98 Å². The Hall–Kier alpha value is -1.26. The van der Waals surface area contributed by atoms with Crippen molar-refractivity contribution in [1.29, 1.82) is 0 Å². The maximum Gasteiger partial charge on any atom is 0.123 e. The van der Waals surface area contributed by atoms with Crippen LogP contribution in [0.3, 0.4) is 0 Å². The highest BCUT2D eigenvalue weighted by molar-refractivity contribution is 7.13. The Morgan fingerprint density at radius 2 is 2.00 bits per heavy atom. The first kappa shape index (κ1) is 12.2. The normalized spacial score (nSPS) is 11.7. The molecule has 0 aliphatic carbocycles. The molecule has 4 heteroatoms. The summed E-state index contributed by atoms with van der Waals surface area (Å²) in [6, 6.07) is 3.99. The maximum absolute atomic E-state index is 4.72. The van der Waals surface area contributed by atoms with Crippen molar-refractivity contribution in [3.8, 4) is 10.6 Å². The zero-order valence-corrected chi connectivity index (χ0v) is 11.2. The topological polar surface area (TPSA) is 37.8 Å². The molecule has 0 aliphatic rings. The molecule has 0 spiro atoms. The third-order valence-corrected chi connectivity index (χ3v) is 3.63. The molecule has 0 atom stereocenters. The molecule has 0 aromatic carbocycles. The van der Waals surface area contributed by atoms with Gasteiger partial charge in [-0.2, -0.15) is 0 Å². The largest absolute Gasteiger partial charge is 0.319 e. The number of aromatic nitrogens is 2. The molecule has 1 N–H and O–H groups in total. The van der Waals surface area contributed by atoms with Crippen LogP contribution in [0.4, 0.5) is 0 Å². The third-order valence-electron chi connectivity index (χ3n) is 2.74. The van der Waals surface area contributed by atoms with Crippen molar-refractivity contribution in [2.75, 3.05) is 13.6 Å². The molecule has 90 valence electrons. The van der Waals surface area contributed by atoms with Crippen LogP contribution in [-0.4, -0.2) is 23.6 Å². The number of pyridine rings is 1. The van der Waals surface area contributed by atoms with Gasteiger partial charge in [0.2, 0.25) is 0 Å². The summed E-state index contributed by atoms with van der Waals surface area (Å²) in [5.41, 5.74) is 2.34. The van der Waals surface area contributed by atoms with Gasteiger partial charge in [0, 0.05) is 35.3 Å². The van der Waals surface area contributed by atoms with E-state index in [1.807, 2.05) is 19.2 Å². The average molecular weight is 247 g/mol. The number of nitrogens with zero attached hydrogens (tertiary/aromatic N) is 2. The molecule has 2 aromatic rings. The lowest BCUT2D eigenvalue weighted by Crippen LogP contribution is -2.30. The van der Waals surface area contributed by atoms with Crippen LogP contribution in [0.2, 0.25) is 0 Å². The first-order valence-corrected chi connectivity index (χ1v) is 6.52. The van der Waals surface area contributed by atoms with E-state index >= 15 is 0 Å². The van der Waals surface area contributed by atoms with Gasteiger partial charge < -0.3 is 5.32 Å². The van der Waals surface area contributed by atoms with Crippen molar-refractivity contribution in [3.05, 3.63) is 35.6 Å². The van der Waals surface area contributed by atoms with Crippen LogP contribution >= 0.6 is 11.3 Å². The fraction of sp³-hybridized carbons (Fsp3) is 0.385. The van der Waals surface area contributed by atoms with Gasteiger partial charge in [0.25, 0.3) is 0 Å². The van der Waals surface area contributed by atoms with Gasteiger partial charge in [-0.1, -0.05) is 13.8 Å². The zero-order valence-electron chi connectivity index (χ0n) is 10.4. The molecule has 0 fully saturated rings. The molecule has 0 bridgehead atoms. The van der Waals surface area contributed by atoms with E-state index in [4.69, 9.17) is 4.98 Å². The summed E-state index contributed by atoms with van der Waals surface area (Å²) in [5, 5.41) is 6.42. The van der Waals surface area contributed by atoms with Crippen LogP contribution in [-0.2, 0) is 5.41 Å². The Labute approximate surface area is 106 Å². The number of hydrogen-bond donors (Lipinski definition) is 1. The summed E-state index contributed by atoms with van der Waals surface area (Å²) in [7, 11) is 1.97. The lowest BCUT2D eigenvalue weighted by molar-refractivity contribution is 0.483. The summed E-state index contributed by atoms with van der Waals surface area (Å²) < 4.78 is 0. The van der Waals surface area contributed by atoms with Crippen LogP contribution in [0.25, 0.3) is 10.6 Å². The molecule has 2 heterocycles. The smallest absolute Gasteiger partial charge is 0.123 e. The van der Waals surface area contributed by atoms with Crippen LogP contribution in [0.5, 0.6) is 0 Å². The Balaban J connectivity index is 2.28. The maximum atomic E-state index is 4.72. The predicted octanol–water partition coefficient (Wildman–Crippen LogP) is 2.70. The number of nitrogens with one attached hydrogen (secondary N) is 1. The molecule has 0 aliphatic heterocycles. The lowest BCUT2D eigenvalue weighted by atomic mass is 9.90. The fourth-order valence-electron chi connectivity index (χ4n) is 1.74. The Kier molecular flexibility index (Phi) is 3.54. The highest BCUT2D eigenvalue weighted by Crippen LogP contribution is 2.29. The molecule has 0 amide bonds. The predicted molar refractivity (Wildman–Crippen MR) is 72.3 cm³/mol. The quantitative estimate of drug-likeness (QED) is 0.902. The molecule has 0 saturated heterocycles. The van der Waals surface area contributed by atoms with Crippen LogP contribution in [0.1, 0.15) is 19.5 Å². The lowest BCUT2D eigenvalue weighted by Gasteiger charge is -2.21. The minimum atomic E-state index is 0.0660. The Morgan fingerprint density at radius 1 is 1.29 bits per heavy atom. The minimum Gasteiger partial charge on any atom is -0.319 e. The molecule has 0 radical (unpaired) electrons. The van der Waals surface area contributed by atoms with Crippen molar-refractivity contribution in [1.82, 2.24) is 15.3 Å². The van der Waals surface area contributed by atoms with Crippen molar-refractivity contribution in [2.24, 2.45) is 0 Å². The van der Waals surface area contributed by atoms with Crippen LogP contribution < -0.4 is 5.32 Å².